The largest absolute Gasteiger partial charge is 0.380 e. The lowest BCUT2D eigenvalue weighted by atomic mass is 10.1. The van der Waals surface area contributed by atoms with E-state index >= 15 is 0 Å². The molecule has 0 aliphatic heterocycles. The van der Waals surface area contributed by atoms with Gasteiger partial charge in [-0.25, -0.2) is 9.37 Å². The minimum Gasteiger partial charge on any atom is -0.380 e. The summed E-state index contributed by atoms with van der Waals surface area (Å²) >= 11 is 0. The summed E-state index contributed by atoms with van der Waals surface area (Å²) in [6.07, 6.45) is 1.79. The number of anilines is 2. The molecule has 0 amide bonds. The van der Waals surface area contributed by atoms with E-state index in [4.69, 9.17) is 0 Å². The van der Waals surface area contributed by atoms with Crippen LogP contribution in [-0.2, 0) is 6.54 Å². The lowest BCUT2D eigenvalue weighted by molar-refractivity contribution is 0.612. The van der Waals surface area contributed by atoms with Crippen LogP contribution in [0.2, 0.25) is 0 Å². The number of rotatable bonds is 6. The second kappa shape index (κ2) is 7.07. The molecule has 112 valence electrons. The molecule has 1 aromatic heterocycles. The highest BCUT2D eigenvalue weighted by molar-refractivity contribution is 5.49. The van der Waals surface area contributed by atoms with Crippen molar-refractivity contribution in [2.24, 2.45) is 0 Å². The van der Waals surface area contributed by atoms with E-state index < -0.39 is 0 Å². The predicted octanol–water partition coefficient (Wildman–Crippen LogP) is 3.99. The lowest BCUT2D eigenvalue weighted by Crippen LogP contribution is -2.22. The molecule has 2 rings (SSSR count). The first-order valence-corrected chi connectivity index (χ1v) is 7.34. The molecule has 0 aliphatic rings. The Labute approximate surface area is 125 Å². The van der Waals surface area contributed by atoms with E-state index in [1.807, 2.05) is 25.1 Å². The van der Waals surface area contributed by atoms with Crippen LogP contribution >= 0.6 is 0 Å². The van der Waals surface area contributed by atoms with Crippen molar-refractivity contribution >= 4 is 11.5 Å². The Morgan fingerprint density at radius 2 is 1.90 bits per heavy atom. The maximum Gasteiger partial charge on any atom is 0.128 e. The molecule has 0 aliphatic carbocycles. The van der Waals surface area contributed by atoms with Gasteiger partial charge in [0.2, 0.25) is 0 Å². The summed E-state index contributed by atoms with van der Waals surface area (Å²) in [7, 11) is 0. The van der Waals surface area contributed by atoms with Crippen molar-refractivity contribution in [2.45, 2.75) is 27.3 Å². The summed E-state index contributed by atoms with van der Waals surface area (Å²) in [5.41, 5.74) is 2.62. The van der Waals surface area contributed by atoms with Crippen molar-refractivity contribution in [1.29, 1.82) is 0 Å². The fourth-order valence-electron chi connectivity index (χ4n) is 2.26. The third kappa shape index (κ3) is 3.94. The van der Waals surface area contributed by atoms with Crippen molar-refractivity contribution in [3.8, 4) is 0 Å². The van der Waals surface area contributed by atoms with Crippen LogP contribution in [-0.4, -0.2) is 18.1 Å². The molecule has 0 fully saturated rings. The highest BCUT2D eigenvalue weighted by atomic mass is 19.1. The Morgan fingerprint density at radius 1 is 1.14 bits per heavy atom. The van der Waals surface area contributed by atoms with E-state index in [2.05, 4.69) is 29.0 Å². The van der Waals surface area contributed by atoms with Crippen LogP contribution in [0.25, 0.3) is 0 Å². The Balaban J connectivity index is 2.02. The summed E-state index contributed by atoms with van der Waals surface area (Å²) < 4.78 is 13.7. The van der Waals surface area contributed by atoms with Gasteiger partial charge in [0.25, 0.3) is 0 Å². The highest BCUT2D eigenvalue weighted by Crippen LogP contribution is 2.16. The van der Waals surface area contributed by atoms with E-state index in [1.54, 1.807) is 12.3 Å². The van der Waals surface area contributed by atoms with Gasteiger partial charge in [-0.05, 0) is 39.0 Å². The smallest absolute Gasteiger partial charge is 0.128 e. The molecule has 0 atom stereocenters. The number of hydrogen-bond acceptors (Lipinski definition) is 3. The van der Waals surface area contributed by atoms with E-state index in [9.17, 15) is 4.39 Å². The number of hydrogen-bond donors (Lipinski definition) is 1. The van der Waals surface area contributed by atoms with Gasteiger partial charge in [-0.15, -0.1) is 0 Å². The first-order chi connectivity index (χ1) is 10.1. The van der Waals surface area contributed by atoms with Crippen molar-refractivity contribution in [3.63, 3.8) is 0 Å². The third-order valence-corrected chi connectivity index (χ3v) is 3.52. The predicted molar refractivity (Wildman–Crippen MR) is 86.3 cm³/mol. The normalized spacial score (nSPS) is 10.5. The van der Waals surface area contributed by atoms with Gasteiger partial charge in [0.05, 0.1) is 11.9 Å². The molecular formula is C17H22FN3. The molecule has 0 radical (unpaired) electrons. The standard InChI is InChI=1S/C17H22FN3/c1-4-21(5-2)17-9-7-15(12-20-17)19-11-14-10-13(3)6-8-16(14)18/h6-10,12,19H,4-5,11H2,1-3H3. The van der Waals surface area contributed by atoms with Crippen molar-refractivity contribution in [2.75, 3.05) is 23.3 Å². The van der Waals surface area contributed by atoms with Crippen LogP contribution in [0.3, 0.4) is 0 Å². The molecule has 1 N–H and O–H groups in total. The third-order valence-electron chi connectivity index (χ3n) is 3.52. The van der Waals surface area contributed by atoms with Crippen molar-refractivity contribution in [3.05, 3.63) is 53.5 Å². The number of aryl methyl sites for hydroxylation is 1. The van der Waals surface area contributed by atoms with Gasteiger partial charge in [-0.3, -0.25) is 0 Å². The van der Waals surface area contributed by atoms with E-state index in [-0.39, 0.29) is 5.82 Å². The summed E-state index contributed by atoms with van der Waals surface area (Å²) in [5, 5.41) is 3.21. The van der Waals surface area contributed by atoms with E-state index in [1.165, 1.54) is 6.07 Å². The molecule has 0 bridgehead atoms. The van der Waals surface area contributed by atoms with Crippen molar-refractivity contribution in [1.82, 2.24) is 4.98 Å². The number of benzene rings is 1. The Morgan fingerprint density at radius 3 is 2.52 bits per heavy atom. The summed E-state index contributed by atoms with van der Waals surface area (Å²) in [6, 6.07) is 9.11. The van der Waals surface area contributed by atoms with Gasteiger partial charge >= 0.3 is 0 Å². The molecule has 2 aromatic rings. The first-order valence-electron chi connectivity index (χ1n) is 7.34. The van der Waals surface area contributed by atoms with Gasteiger partial charge < -0.3 is 10.2 Å². The van der Waals surface area contributed by atoms with Gasteiger partial charge in [-0.1, -0.05) is 17.7 Å². The second-order valence-electron chi connectivity index (χ2n) is 5.03. The quantitative estimate of drug-likeness (QED) is 0.870. The van der Waals surface area contributed by atoms with Crippen LogP contribution < -0.4 is 10.2 Å². The second-order valence-corrected chi connectivity index (χ2v) is 5.03. The maximum absolute atomic E-state index is 13.7. The zero-order chi connectivity index (χ0) is 15.2. The minimum atomic E-state index is -0.180. The van der Waals surface area contributed by atoms with E-state index in [0.29, 0.717) is 12.1 Å². The van der Waals surface area contributed by atoms with Gasteiger partial charge in [0.1, 0.15) is 11.6 Å². The average Bonchev–Trinajstić information content (AvgIpc) is 2.51. The molecule has 1 aromatic carbocycles. The van der Waals surface area contributed by atoms with Gasteiger partial charge in [0.15, 0.2) is 0 Å². The zero-order valence-corrected chi connectivity index (χ0v) is 12.9. The number of halogens is 1. The van der Waals surface area contributed by atoms with Crippen molar-refractivity contribution < 1.29 is 4.39 Å². The molecule has 0 saturated carbocycles. The first kappa shape index (κ1) is 15.3. The van der Waals surface area contributed by atoms with Crippen LogP contribution in [0.15, 0.2) is 36.5 Å². The SMILES string of the molecule is CCN(CC)c1ccc(NCc2cc(C)ccc2F)cn1. The Hall–Kier alpha value is -2.10. The Bertz CT molecular complexity index is 577. The zero-order valence-electron chi connectivity index (χ0n) is 12.9. The molecule has 3 nitrogen and oxygen atoms in total. The fraction of sp³-hybridized carbons (Fsp3) is 0.353. The van der Waals surface area contributed by atoms with Crippen LogP contribution in [0.5, 0.6) is 0 Å². The minimum absolute atomic E-state index is 0.180. The summed E-state index contributed by atoms with van der Waals surface area (Å²) in [5.74, 6) is 0.785. The molecule has 1 heterocycles. The van der Waals surface area contributed by atoms with Gasteiger partial charge in [0, 0.05) is 25.2 Å². The molecule has 0 spiro atoms. The highest BCUT2D eigenvalue weighted by Gasteiger charge is 2.04. The summed E-state index contributed by atoms with van der Waals surface area (Å²) in [4.78, 5) is 6.63. The number of nitrogens with one attached hydrogen (secondary N) is 1. The Kier molecular flexibility index (Phi) is 5.14. The van der Waals surface area contributed by atoms with Gasteiger partial charge in [-0.2, -0.15) is 0 Å². The monoisotopic (exact) mass is 287 g/mol. The maximum atomic E-state index is 13.7. The molecule has 4 heteroatoms. The number of pyridine rings is 1. The molecular weight excluding hydrogens is 265 g/mol. The molecule has 0 unspecified atom stereocenters. The molecule has 0 saturated heterocycles. The number of aromatic nitrogens is 1. The average molecular weight is 287 g/mol. The van der Waals surface area contributed by atoms with Crippen LogP contribution in [0, 0.1) is 12.7 Å². The summed E-state index contributed by atoms with van der Waals surface area (Å²) in [6.45, 7) is 8.51. The number of nitrogens with zero attached hydrogens (tertiary/aromatic N) is 2. The topological polar surface area (TPSA) is 28.2 Å². The van der Waals surface area contributed by atoms with Crippen LogP contribution in [0.1, 0.15) is 25.0 Å². The fourth-order valence-corrected chi connectivity index (χ4v) is 2.26. The lowest BCUT2D eigenvalue weighted by Gasteiger charge is -2.19. The van der Waals surface area contributed by atoms with E-state index in [0.717, 1.165) is 30.2 Å². The molecule has 21 heavy (non-hydrogen) atoms. The van der Waals surface area contributed by atoms with Crippen LogP contribution in [0.4, 0.5) is 15.9 Å².